The highest BCUT2D eigenvalue weighted by Crippen LogP contribution is 2.11. The molecule has 0 aliphatic carbocycles. The highest BCUT2D eigenvalue weighted by molar-refractivity contribution is 5.68. The van der Waals surface area contributed by atoms with Gasteiger partial charge in [-0.3, -0.25) is 9.78 Å². The molecule has 4 N–H and O–H groups in total. The minimum Gasteiger partial charge on any atom is -0.394 e. The quantitative estimate of drug-likeness (QED) is 0.0685. The van der Waals surface area contributed by atoms with E-state index in [1.807, 2.05) is 0 Å². The molecule has 0 saturated carbocycles. The van der Waals surface area contributed by atoms with Gasteiger partial charge in [0, 0.05) is 12.8 Å². The molecular formula is C24H44O10. The molecule has 0 spiro atoms. The molecule has 0 aliphatic rings. The summed E-state index contributed by atoms with van der Waals surface area (Å²) in [5.41, 5.74) is 0. The van der Waals surface area contributed by atoms with Gasteiger partial charge in [-0.25, -0.2) is 9.59 Å². The van der Waals surface area contributed by atoms with Crippen LogP contribution in [0.2, 0.25) is 0 Å². The molecular weight excluding hydrogens is 448 g/mol. The highest BCUT2D eigenvalue weighted by Gasteiger charge is 2.11. The van der Waals surface area contributed by atoms with Crippen molar-refractivity contribution in [1.29, 1.82) is 0 Å². The second-order valence-electron chi connectivity index (χ2n) is 8.20. The summed E-state index contributed by atoms with van der Waals surface area (Å²) in [6, 6.07) is 0. The molecule has 0 aromatic rings. The van der Waals surface area contributed by atoms with E-state index in [0.29, 0.717) is 0 Å². The van der Waals surface area contributed by atoms with Crippen LogP contribution in [0.5, 0.6) is 0 Å². The van der Waals surface area contributed by atoms with Crippen molar-refractivity contribution in [2.75, 3.05) is 26.4 Å². The molecule has 0 aromatic heterocycles. The first-order chi connectivity index (χ1) is 16.5. The highest BCUT2D eigenvalue weighted by atomic mass is 17.2. The van der Waals surface area contributed by atoms with Crippen molar-refractivity contribution in [1.82, 2.24) is 0 Å². The Morgan fingerprint density at radius 3 is 1.62 bits per heavy atom. The summed E-state index contributed by atoms with van der Waals surface area (Å²) in [6.45, 7) is -1.48. The Labute approximate surface area is 202 Å². The van der Waals surface area contributed by atoms with E-state index in [0.717, 1.165) is 77.0 Å². The molecule has 0 bridgehead atoms. The van der Waals surface area contributed by atoms with Crippen LogP contribution in [0.1, 0.15) is 89.9 Å². The summed E-state index contributed by atoms with van der Waals surface area (Å²) in [5, 5.41) is 35.2. The number of aliphatic hydroxyl groups is 4. The fourth-order valence-corrected chi connectivity index (χ4v) is 2.91. The third-order valence-electron chi connectivity index (χ3n) is 4.98. The van der Waals surface area contributed by atoms with Gasteiger partial charge in [0.1, 0.15) is 12.7 Å². The van der Waals surface area contributed by atoms with Crippen molar-refractivity contribution in [3.05, 3.63) is 12.2 Å². The molecule has 0 amide bonds. The van der Waals surface area contributed by atoms with Gasteiger partial charge in [-0.15, -0.1) is 0 Å². The number of unbranched alkanes of at least 4 members (excludes halogenated alkanes) is 10. The number of hydrogen-bond acceptors (Lipinski definition) is 10. The summed E-state index contributed by atoms with van der Waals surface area (Å²) in [6.07, 6.45) is 15.1. The van der Waals surface area contributed by atoms with Gasteiger partial charge in [-0.05, 0) is 38.5 Å². The van der Waals surface area contributed by atoms with Crippen LogP contribution in [-0.2, 0) is 29.1 Å². The van der Waals surface area contributed by atoms with Crippen molar-refractivity contribution in [2.24, 2.45) is 0 Å². The van der Waals surface area contributed by atoms with E-state index >= 15 is 0 Å². The number of aliphatic hydroxyl groups excluding tert-OH is 4. The number of allylic oxidation sites excluding steroid dienone is 2. The van der Waals surface area contributed by atoms with Crippen LogP contribution in [0.4, 0.5) is 0 Å². The molecule has 10 heteroatoms. The molecule has 0 fully saturated rings. The van der Waals surface area contributed by atoms with Gasteiger partial charge in [0.2, 0.25) is 0 Å². The van der Waals surface area contributed by atoms with Crippen molar-refractivity contribution >= 4 is 11.9 Å². The van der Waals surface area contributed by atoms with Crippen molar-refractivity contribution in [3.63, 3.8) is 0 Å². The van der Waals surface area contributed by atoms with Crippen molar-refractivity contribution in [3.8, 4) is 0 Å². The fraction of sp³-hybridized carbons (Fsp3) is 0.833. The van der Waals surface area contributed by atoms with Gasteiger partial charge >= 0.3 is 11.9 Å². The Morgan fingerprint density at radius 1 is 0.647 bits per heavy atom. The molecule has 0 aromatic carbocycles. The summed E-state index contributed by atoms with van der Waals surface area (Å²) in [4.78, 5) is 41.1. The lowest BCUT2D eigenvalue weighted by Gasteiger charge is -2.10. The molecule has 0 radical (unpaired) electrons. The predicted octanol–water partition coefficient (Wildman–Crippen LogP) is 2.66. The Morgan fingerprint density at radius 2 is 1.12 bits per heavy atom. The average Bonchev–Trinajstić information content (AvgIpc) is 2.84. The maximum Gasteiger partial charge on any atom is 0.342 e. The number of hydrogen-bond donors (Lipinski definition) is 4. The molecule has 34 heavy (non-hydrogen) atoms. The minimum absolute atomic E-state index is 0.231. The van der Waals surface area contributed by atoms with Gasteiger partial charge in [0.25, 0.3) is 0 Å². The summed E-state index contributed by atoms with van der Waals surface area (Å²) < 4.78 is 0. The molecule has 0 aliphatic heterocycles. The molecule has 0 heterocycles. The lowest BCUT2D eigenvalue weighted by molar-refractivity contribution is -0.307. The van der Waals surface area contributed by atoms with Gasteiger partial charge in [-0.1, -0.05) is 50.7 Å². The van der Waals surface area contributed by atoms with Crippen LogP contribution in [0.15, 0.2) is 12.2 Å². The number of rotatable bonds is 24. The molecule has 0 rings (SSSR count). The first-order valence-corrected chi connectivity index (χ1v) is 12.4. The Balaban J connectivity index is 3.34. The minimum atomic E-state index is -1.04. The molecule has 1 atom stereocenters. The van der Waals surface area contributed by atoms with Gasteiger partial charge in [-0.2, -0.15) is 9.78 Å². The first kappa shape index (κ1) is 32.4. The topological polar surface area (TPSA) is 152 Å². The summed E-state index contributed by atoms with van der Waals surface area (Å²) >= 11 is 0. The fourth-order valence-electron chi connectivity index (χ4n) is 2.91. The Hall–Kier alpha value is -1.56. The second-order valence-corrected chi connectivity index (χ2v) is 8.20. The van der Waals surface area contributed by atoms with Crippen LogP contribution >= 0.6 is 0 Å². The lowest BCUT2D eigenvalue weighted by Crippen LogP contribution is -2.23. The smallest absolute Gasteiger partial charge is 0.342 e. The number of carbonyl (C=O) groups is 2. The van der Waals surface area contributed by atoms with E-state index in [1.54, 1.807) is 0 Å². The molecule has 1 unspecified atom stereocenters. The third-order valence-corrected chi connectivity index (χ3v) is 4.98. The van der Waals surface area contributed by atoms with E-state index in [1.165, 1.54) is 0 Å². The Bertz CT molecular complexity index is 508. The van der Waals surface area contributed by atoms with E-state index in [-0.39, 0.29) is 19.4 Å². The van der Waals surface area contributed by atoms with E-state index < -0.39 is 44.0 Å². The van der Waals surface area contributed by atoms with E-state index in [9.17, 15) is 9.59 Å². The maximum absolute atomic E-state index is 11.4. The van der Waals surface area contributed by atoms with Crippen LogP contribution in [0.25, 0.3) is 0 Å². The Kier molecular flexibility index (Phi) is 23.4. The van der Waals surface area contributed by atoms with E-state index in [2.05, 4.69) is 31.7 Å². The predicted molar refractivity (Wildman–Crippen MR) is 124 cm³/mol. The van der Waals surface area contributed by atoms with Crippen LogP contribution < -0.4 is 0 Å². The SMILES string of the molecule is O=C(CCCCCCC/C=C/CCCCCCCC(=O)OOC(CO)CO)OOCC(O)CO. The van der Waals surface area contributed by atoms with Gasteiger partial charge < -0.3 is 20.4 Å². The zero-order valence-corrected chi connectivity index (χ0v) is 20.3. The second kappa shape index (κ2) is 24.6. The number of carbonyl (C=O) groups excluding carboxylic acids is 2. The van der Waals surface area contributed by atoms with E-state index in [4.69, 9.17) is 20.4 Å². The zero-order valence-electron chi connectivity index (χ0n) is 20.3. The van der Waals surface area contributed by atoms with Crippen molar-refractivity contribution in [2.45, 2.75) is 102 Å². The first-order valence-electron chi connectivity index (χ1n) is 12.4. The van der Waals surface area contributed by atoms with Crippen LogP contribution in [0.3, 0.4) is 0 Å². The largest absolute Gasteiger partial charge is 0.394 e. The monoisotopic (exact) mass is 492 g/mol. The van der Waals surface area contributed by atoms with Crippen molar-refractivity contribution < 1.29 is 49.6 Å². The molecule has 200 valence electrons. The van der Waals surface area contributed by atoms with Crippen LogP contribution in [-0.4, -0.2) is 71.0 Å². The summed E-state index contributed by atoms with van der Waals surface area (Å²) in [5.74, 6) is -0.949. The maximum atomic E-state index is 11.4. The molecule has 0 saturated heterocycles. The average molecular weight is 493 g/mol. The van der Waals surface area contributed by atoms with Gasteiger partial charge in [0.05, 0.1) is 19.8 Å². The molecule has 10 nitrogen and oxygen atoms in total. The zero-order chi connectivity index (χ0) is 25.3. The van der Waals surface area contributed by atoms with Gasteiger partial charge in [0.15, 0.2) is 6.10 Å². The van der Waals surface area contributed by atoms with Crippen LogP contribution in [0, 0.1) is 0 Å². The summed E-state index contributed by atoms with van der Waals surface area (Å²) in [7, 11) is 0. The standard InChI is InChI=1S/C24H44O10/c25-17-21(28)20-31-33-23(29)15-13-11-9-7-5-3-1-2-4-6-8-10-12-14-16-24(30)34-32-22(18-26)19-27/h1-2,21-22,25-28H,3-20H2/b2-1+. The third kappa shape index (κ3) is 22.2. The normalized spacial score (nSPS) is 12.4. The lowest BCUT2D eigenvalue weighted by atomic mass is 10.1.